The third-order valence-corrected chi connectivity index (χ3v) is 7.52. The molecule has 1 nitrogen and oxygen atoms in total. The molecule has 1 heterocycles. The van der Waals surface area contributed by atoms with Crippen molar-refractivity contribution in [1.82, 2.24) is 0 Å². The van der Waals surface area contributed by atoms with E-state index in [9.17, 15) is 12.3 Å². The van der Waals surface area contributed by atoms with Gasteiger partial charge >= 0.3 is 0 Å². The summed E-state index contributed by atoms with van der Waals surface area (Å²) in [5.41, 5.74) is -6.09. The van der Waals surface area contributed by atoms with Crippen LogP contribution in [0, 0.1) is 6.92 Å². The van der Waals surface area contributed by atoms with Crippen LogP contribution < -0.4 is 0 Å². The standard InChI is InChI=1S/C45H30O/c1-29-12-10-19-37-42(29)45(36-18-9-8-17-35(36)43(37)33-24-22-32(23-25-33)30-13-4-2-5-14-30)38-20-11-21-41-44(38)39-28-34(26-27-40(39)46-41)31-15-6-3-7-16-31/h2-28H,1H3/i2D,3D,4D,5D,6D,7D,8D,9D,10D,11D,12D,13D,14D,15D,16D,17D,18D,19D,20D,21D,22D,23D,24D,25D,27D,28D. The Morgan fingerprint density at radius 2 is 1.00 bits per heavy atom. The van der Waals surface area contributed by atoms with Gasteiger partial charge in [-0.15, -0.1) is 0 Å². The van der Waals surface area contributed by atoms with Crippen molar-refractivity contribution in [2.75, 3.05) is 0 Å². The highest BCUT2D eigenvalue weighted by Gasteiger charge is 2.21. The number of hydrogen-bond acceptors (Lipinski definition) is 1. The summed E-state index contributed by atoms with van der Waals surface area (Å²) in [5, 5.41) is -3.07. The second kappa shape index (κ2) is 10.6. The first kappa shape index (κ1) is 11.2. The average molecular weight is 613 g/mol. The van der Waals surface area contributed by atoms with Gasteiger partial charge in [0.25, 0.3) is 0 Å². The highest BCUT2D eigenvalue weighted by molar-refractivity contribution is 6.26. The molecule has 0 unspecified atom stereocenters. The van der Waals surface area contributed by atoms with Crippen LogP contribution in [0.5, 0.6) is 0 Å². The molecule has 216 valence electrons. The lowest BCUT2D eigenvalue weighted by Gasteiger charge is -2.20. The summed E-state index contributed by atoms with van der Waals surface area (Å²) in [6.45, 7) is 1.27. The minimum absolute atomic E-state index is 0.239. The Labute approximate surface area is 304 Å². The maximum absolute atomic E-state index is 9.60. The Hall–Kier alpha value is -5.92. The fraction of sp³-hybridized carbons (Fsp3) is 0.0222. The Balaban J connectivity index is 1.59. The third-order valence-electron chi connectivity index (χ3n) is 7.52. The van der Waals surface area contributed by atoms with Crippen LogP contribution in [0.15, 0.2) is 168 Å². The topological polar surface area (TPSA) is 13.1 Å². The molecule has 1 heteroatoms. The number of rotatable bonds is 4. The lowest BCUT2D eigenvalue weighted by Crippen LogP contribution is -1.93. The first-order chi connectivity index (χ1) is 33.6. The zero-order valence-corrected chi connectivity index (χ0v) is 23.5. The van der Waals surface area contributed by atoms with Gasteiger partial charge in [0.1, 0.15) is 11.2 Å². The van der Waals surface area contributed by atoms with E-state index in [1.807, 2.05) is 0 Å². The molecule has 0 aliphatic rings. The lowest BCUT2D eigenvalue weighted by molar-refractivity contribution is 0.669. The fourth-order valence-corrected chi connectivity index (χ4v) is 5.58. The van der Waals surface area contributed by atoms with Gasteiger partial charge in [-0.25, -0.2) is 0 Å². The summed E-state index contributed by atoms with van der Waals surface area (Å²) in [6.07, 6.45) is 0. The molecule has 0 N–H and O–H groups in total. The molecule has 0 radical (unpaired) electrons. The fourth-order valence-electron chi connectivity index (χ4n) is 5.58. The Morgan fingerprint density at radius 1 is 0.413 bits per heavy atom. The largest absolute Gasteiger partial charge is 0.456 e. The molecule has 0 aliphatic heterocycles. The van der Waals surface area contributed by atoms with Crippen LogP contribution >= 0.6 is 0 Å². The van der Waals surface area contributed by atoms with E-state index in [4.69, 9.17) is 27.7 Å². The SMILES string of the molecule is [2H]c1c([2H])c([2H])c(-c2cc([2H])c3oc4c([2H])c([2H])c([2H])c(-c5c6c([2H])c([2H])c([2H])c([2H])c6c(-c6c([2H])c([2H])c(-c7c([2H])c([2H])c([2H])c([2H])c7[2H])c([2H])c6[2H])c6c([2H])c([2H])c([2H])c(C)c56)c4c3c2[2H])c([2H])c1[2H]. The summed E-state index contributed by atoms with van der Waals surface area (Å²) in [4.78, 5) is 0. The molecule has 0 fully saturated rings. The van der Waals surface area contributed by atoms with E-state index in [1.165, 1.54) is 6.92 Å². The number of furan rings is 1. The first-order valence-corrected chi connectivity index (χ1v) is 13.7. The van der Waals surface area contributed by atoms with Gasteiger partial charge in [-0.3, -0.25) is 0 Å². The van der Waals surface area contributed by atoms with Gasteiger partial charge in [0, 0.05) is 10.8 Å². The van der Waals surface area contributed by atoms with Crippen molar-refractivity contribution >= 4 is 43.5 Å². The molecule has 0 aliphatic carbocycles. The number of hydrogen-bond donors (Lipinski definition) is 0. The highest BCUT2D eigenvalue weighted by atomic mass is 16.3. The van der Waals surface area contributed by atoms with Crippen LogP contribution in [-0.2, 0) is 0 Å². The van der Waals surface area contributed by atoms with E-state index in [1.54, 1.807) is 0 Å². The molecule has 0 saturated heterocycles. The normalized spacial score (nSPS) is 19.5. The second-order valence-corrected chi connectivity index (χ2v) is 10.1. The molecule has 46 heavy (non-hydrogen) atoms. The van der Waals surface area contributed by atoms with E-state index in [-0.39, 0.29) is 10.9 Å². The Bertz CT molecular complexity index is 3890. The summed E-state index contributed by atoms with van der Waals surface area (Å²) in [7, 11) is 0. The maximum Gasteiger partial charge on any atom is 0.136 e. The molecule has 0 saturated carbocycles. The number of fused-ring (bicyclic) bond motifs is 5. The van der Waals surface area contributed by atoms with Crippen LogP contribution in [0.3, 0.4) is 0 Å². The van der Waals surface area contributed by atoms with Crippen molar-refractivity contribution in [2.24, 2.45) is 0 Å². The van der Waals surface area contributed by atoms with Crippen LogP contribution in [0.4, 0.5) is 0 Å². The van der Waals surface area contributed by atoms with Gasteiger partial charge in [-0.1, -0.05) is 145 Å². The van der Waals surface area contributed by atoms with Crippen LogP contribution in [0.1, 0.15) is 41.2 Å². The summed E-state index contributed by atoms with van der Waals surface area (Å²) >= 11 is 0. The zero-order valence-electron chi connectivity index (χ0n) is 49.5. The van der Waals surface area contributed by atoms with Crippen molar-refractivity contribution < 1.29 is 40.1 Å². The van der Waals surface area contributed by atoms with E-state index in [2.05, 4.69) is 0 Å². The molecule has 0 spiro atoms. The molecule has 0 amide bonds. The Morgan fingerprint density at radius 3 is 1.74 bits per heavy atom. The Kier molecular flexibility index (Phi) is 2.57. The third kappa shape index (κ3) is 4.17. The average Bonchev–Trinajstić information content (AvgIpc) is 3.76. The van der Waals surface area contributed by atoms with Gasteiger partial charge in [-0.2, -0.15) is 0 Å². The van der Waals surface area contributed by atoms with Crippen molar-refractivity contribution in [3.63, 3.8) is 0 Å². The molecule has 1 aromatic heterocycles. The van der Waals surface area contributed by atoms with Crippen molar-refractivity contribution in [3.05, 3.63) is 169 Å². The molecular formula is C45H30O. The second-order valence-electron chi connectivity index (χ2n) is 10.1. The summed E-state index contributed by atoms with van der Waals surface area (Å²) < 4.78 is 238. The molecule has 8 aromatic carbocycles. The predicted molar refractivity (Wildman–Crippen MR) is 195 cm³/mol. The van der Waals surface area contributed by atoms with Crippen molar-refractivity contribution in [2.45, 2.75) is 6.92 Å². The minimum atomic E-state index is -1.00. The smallest absolute Gasteiger partial charge is 0.136 e. The highest BCUT2D eigenvalue weighted by Crippen LogP contribution is 2.48. The van der Waals surface area contributed by atoms with E-state index >= 15 is 0 Å². The van der Waals surface area contributed by atoms with Gasteiger partial charge in [-0.05, 0) is 96.7 Å². The first-order valence-electron chi connectivity index (χ1n) is 26.7. The minimum Gasteiger partial charge on any atom is -0.456 e. The maximum atomic E-state index is 9.60. The number of aryl methyl sites for hydroxylation is 1. The van der Waals surface area contributed by atoms with Gasteiger partial charge in [0.15, 0.2) is 0 Å². The summed E-state index contributed by atoms with van der Waals surface area (Å²) in [5.74, 6) is 0. The van der Waals surface area contributed by atoms with Crippen LogP contribution in [0.25, 0.3) is 88.0 Å². The zero-order chi connectivity index (χ0) is 53.2. The van der Waals surface area contributed by atoms with Gasteiger partial charge in [0.05, 0.1) is 35.6 Å². The van der Waals surface area contributed by atoms with Crippen LogP contribution in [0.2, 0.25) is 0 Å². The summed E-state index contributed by atoms with van der Waals surface area (Å²) in [6, 6.07) is -20.9. The molecular weight excluding hydrogens is 556 g/mol. The number of benzene rings is 8. The lowest BCUT2D eigenvalue weighted by atomic mass is 9.83. The van der Waals surface area contributed by atoms with Crippen LogP contribution in [-0.4, -0.2) is 0 Å². The molecule has 0 atom stereocenters. The quantitative estimate of drug-likeness (QED) is 0.180. The van der Waals surface area contributed by atoms with Crippen molar-refractivity contribution in [1.29, 1.82) is 0 Å². The van der Waals surface area contributed by atoms with Gasteiger partial charge < -0.3 is 4.42 Å². The van der Waals surface area contributed by atoms with E-state index in [0.29, 0.717) is 0 Å². The molecule has 9 rings (SSSR count). The monoisotopic (exact) mass is 612 g/mol. The van der Waals surface area contributed by atoms with E-state index in [0.717, 1.165) is 6.07 Å². The van der Waals surface area contributed by atoms with E-state index < -0.39 is 240 Å². The molecule has 9 aromatic rings. The molecule has 0 bridgehead atoms. The predicted octanol–water partition coefficient (Wildman–Crippen LogP) is 12.9. The van der Waals surface area contributed by atoms with Crippen molar-refractivity contribution in [3.8, 4) is 44.5 Å². The van der Waals surface area contributed by atoms with Gasteiger partial charge in [0.2, 0.25) is 0 Å².